The standard InChI is InChI=1S/C21H27NO3/c1-2-3-4-5-6-14-20(23)22-19(21(24)25)15-17-12-9-11-16-10-7-8-13-18(16)17/h7-13,19H,2-6,14-15H2,1H3,(H,22,23)(H,24,25)/t19-/m0/s1. The Hall–Kier alpha value is -2.36. The highest BCUT2D eigenvalue weighted by Gasteiger charge is 2.21. The second kappa shape index (κ2) is 9.82. The summed E-state index contributed by atoms with van der Waals surface area (Å²) in [5.74, 6) is -1.17. The summed E-state index contributed by atoms with van der Waals surface area (Å²) in [7, 11) is 0. The van der Waals surface area contributed by atoms with Crippen LogP contribution in [0.15, 0.2) is 42.5 Å². The van der Waals surface area contributed by atoms with Crippen LogP contribution in [0, 0.1) is 0 Å². The molecule has 0 bridgehead atoms. The van der Waals surface area contributed by atoms with Gasteiger partial charge >= 0.3 is 5.97 Å². The number of hydrogen-bond acceptors (Lipinski definition) is 2. The van der Waals surface area contributed by atoms with Gasteiger partial charge < -0.3 is 10.4 Å². The smallest absolute Gasteiger partial charge is 0.326 e. The third-order valence-electron chi connectivity index (χ3n) is 4.44. The number of amides is 1. The van der Waals surface area contributed by atoms with E-state index >= 15 is 0 Å². The number of carbonyl (C=O) groups is 2. The number of fused-ring (bicyclic) bond motifs is 1. The highest BCUT2D eigenvalue weighted by molar-refractivity contribution is 5.88. The summed E-state index contributed by atoms with van der Waals surface area (Å²) in [6.07, 6.45) is 5.98. The second-order valence-electron chi connectivity index (χ2n) is 6.46. The number of hydrogen-bond donors (Lipinski definition) is 2. The van der Waals surface area contributed by atoms with Crippen LogP contribution in [-0.2, 0) is 16.0 Å². The van der Waals surface area contributed by atoms with Crippen molar-refractivity contribution >= 4 is 22.6 Å². The average Bonchev–Trinajstić information content (AvgIpc) is 2.61. The van der Waals surface area contributed by atoms with Crippen molar-refractivity contribution < 1.29 is 14.7 Å². The Morgan fingerprint density at radius 2 is 1.72 bits per heavy atom. The van der Waals surface area contributed by atoms with Gasteiger partial charge in [-0.05, 0) is 22.8 Å². The molecule has 0 unspecified atom stereocenters. The molecule has 0 aliphatic rings. The van der Waals surface area contributed by atoms with Crippen LogP contribution in [0.25, 0.3) is 10.8 Å². The van der Waals surface area contributed by atoms with Crippen molar-refractivity contribution in [2.75, 3.05) is 0 Å². The van der Waals surface area contributed by atoms with Crippen molar-refractivity contribution in [3.05, 3.63) is 48.0 Å². The van der Waals surface area contributed by atoms with Gasteiger partial charge in [-0.25, -0.2) is 4.79 Å². The fourth-order valence-electron chi connectivity index (χ4n) is 3.05. The quantitative estimate of drug-likeness (QED) is 0.633. The van der Waals surface area contributed by atoms with E-state index in [1.807, 2.05) is 42.5 Å². The zero-order valence-electron chi connectivity index (χ0n) is 14.8. The normalized spacial score (nSPS) is 12.0. The summed E-state index contributed by atoms with van der Waals surface area (Å²) in [6.45, 7) is 2.15. The summed E-state index contributed by atoms with van der Waals surface area (Å²) in [5.41, 5.74) is 0.939. The monoisotopic (exact) mass is 341 g/mol. The Morgan fingerprint density at radius 3 is 2.48 bits per heavy atom. The van der Waals surface area contributed by atoms with Crippen LogP contribution in [0.4, 0.5) is 0 Å². The maximum atomic E-state index is 12.1. The largest absolute Gasteiger partial charge is 0.480 e. The van der Waals surface area contributed by atoms with Crippen LogP contribution in [0.2, 0.25) is 0 Å². The minimum Gasteiger partial charge on any atom is -0.480 e. The molecule has 0 saturated heterocycles. The van der Waals surface area contributed by atoms with Gasteiger partial charge in [0.25, 0.3) is 0 Å². The van der Waals surface area contributed by atoms with E-state index in [0.29, 0.717) is 6.42 Å². The number of unbranched alkanes of at least 4 members (excludes halogenated alkanes) is 4. The summed E-state index contributed by atoms with van der Waals surface area (Å²) < 4.78 is 0. The first-order valence-electron chi connectivity index (χ1n) is 9.10. The number of carboxylic acid groups (broad SMARTS) is 1. The third-order valence-corrected chi connectivity index (χ3v) is 4.44. The maximum Gasteiger partial charge on any atom is 0.326 e. The molecule has 0 spiro atoms. The van der Waals surface area contributed by atoms with Crippen molar-refractivity contribution in [1.82, 2.24) is 5.32 Å². The lowest BCUT2D eigenvalue weighted by Crippen LogP contribution is -2.42. The predicted molar refractivity (Wildman–Crippen MR) is 101 cm³/mol. The Labute approximate surface area is 149 Å². The molecular weight excluding hydrogens is 314 g/mol. The molecule has 0 fully saturated rings. The zero-order valence-corrected chi connectivity index (χ0v) is 14.8. The van der Waals surface area contributed by atoms with Crippen molar-refractivity contribution in [1.29, 1.82) is 0 Å². The molecule has 2 aromatic rings. The van der Waals surface area contributed by atoms with Crippen LogP contribution in [0.5, 0.6) is 0 Å². The number of rotatable bonds is 10. The van der Waals surface area contributed by atoms with Crippen LogP contribution in [0.3, 0.4) is 0 Å². The highest BCUT2D eigenvalue weighted by atomic mass is 16.4. The van der Waals surface area contributed by atoms with Gasteiger partial charge in [0.15, 0.2) is 0 Å². The van der Waals surface area contributed by atoms with Gasteiger partial charge in [-0.3, -0.25) is 4.79 Å². The summed E-state index contributed by atoms with van der Waals surface area (Å²) in [5, 5.41) is 14.3. The van der Waals surface area contributed by atoms with E-state index in [4.69, 9.17) is 0 Å². The lowest BCUT2D eigenvalue weighted by molar-refractivity contribution is -0.141. The summed E-state index contributed by atoms with van der Waals surface area (Å²) in [4.78, 5) is 23.6. The molecular formula is C21H27NO3. The molecule has 0 heterocycles. The minimum atomic E-state index is -0.993. The maximum absolute atomic E-state index is 12.1. The molecule has 0 aliphatic heterocycles. The van der Waals surface area contributed by atoms with E-state index in [1.54, 1.807) is 0 Å². The number of nitrogens with one attached hydrogen (secondary N) is 1. The Kier molecular flexibility index (Phi) is 7.45. The fraction of sp³-hybridized carbons (Fsp3) is 0.429. The Bertz CT molecular complexity index is 706. The van der Waals surface area contributed by atoms with E-state index in [-0.39, 0.29) is 12.3 Å². The first-order valence-corrected chi connectivity index (χ1v) is 9.10. The number of carboxylic acids is 1. The zero-order chi connectivity index (χ0) is 18.1. The van der Waals surface area contributed by atoms with Gasteiger partial charge in [-0.15, -0.1) is 0 Å². The molecule has 2 rings (SSSR count). The van der Waals surface area contributed by atoms with E-state index < -0.39 is 12.0 Å². The van der Waals surface area contributed by atoms with Gasteiger partial charge in [0, 0.05) is 12.8 Å². The van der Waals surface area contributed by atoms with Crippen LogP contribution in [-0.4, -0.2) is 23.0 Å². The molecule has 0 aromatic heterocycles. The van der Waals surface area contributed by atoms with Crippen molar-refractivity contribution in [3.8, 4) is 0 Å². The van der Waals surface area contributed by atoms with E-state index in [9.17, 15) is 14.7 Å². The number of carbonyl (C=O) groups excluding carboxylic acids is 1. The molecule has 4 heteroatoms. The van der Waals surface area contributed by atoms with Crippen molar-refractivity contribution in [2.24, 2.45) is 0 Å². The molecule has 134 valence electrons. The summed E-state index contributed by atoms with van der Waals surface area (Å²) in [6, 6.07) is 12.8. The molecule has 1 amide bonds. The van der Waals surface area contributed by atoms with Crippen LogP contribution in [0.1, 0.15) is 51.0 Å². The Balaban J connectivity index is 1.96. The Morgan fingerprint density at radius 1 is 1.00 bits per heavy atom. The molecule has 2 N–H and O–H groups in total. The average molecular weight is 341 g/mol. The number of aliphatic carboxylic acids is 1. The first-order chi connectivity index (χ1) is 12.1. The molecule has 4 nitrogen and oxygen atoms in total. The lowest BCUT2D eigenvalue weighted by atomic mass is 9.98. The molecule has 1 atom stereocenters. The van der Waals surface area contributed by atoms with Gasteiger partial charge in [0.2, 0.25) is 5.91 Å². The topological polar surface area (TPSA) is 66.4 Å². The first kappa shape index (κ1) is 19.0. The van der Waals surface area contributed by atoms with E-state index in [2.05, 4.69) is 12.2 Å². The van der Waals surface area contributed by atoms with Gasteiger partial charge in [0.05, 0.1) is 0 Å². The van der Waals surface area contributed by atoms with E-state index in [1.165, 1.54) is 6.42 Å². The molecule has 0 radical (unpaired) electrons. The predicted octanol–water partition coefficient (Wildman–Crippen LogP) is 4.31. The molecule has 2 aromatic carbocycles. The van der Waals surface area contributed by atoms with Gasteiger partial charge in [0.1, 0.15) is 6.04 Å². The molecule has 25 heavy (non-hydrogen) atoms. The third kappa shape index (κ3) is 5.89. The van der Waals surface area contributed by atoms with Crippen LogP contribution < -0.4 is 5.32 Å². The van der Waals surface area contributed by atoms with Gasteiger partial charge in [-0.1, -0.05) is 75.1 Å². The molecule has 0 aliphatic carbocycles. The lowest BCUT2D eigenvalue weighted by Gasteiger charge is -2.16. The summed E-state index contributed by atoms with van der Waals surface area (Å²) >= 11 is 0. The minimum absolute atomic E-state index is 0.177. The highest BCUT2D eigenvalue weighted by Crippen LogP contribution is 2.20. The van der Waals surface area contributed by atoms with Crippen LogP contribution >= 0.6 is 0 Å². The second-order valence-corrected chi connectivity index (χ2v) is 6.46. The van der Waals surface area contributed by atoms with Gasteiger partial charge in [-0.2, -0.15) is 0 Å². The van der Waals surface area contributed by atoms with E-state index in [0.717, 1.165) is 42.0 Å². The van der Waals surface area contributed by atoms with Crippen molar-refractivity contribution in [2.45, 2.75) is 57.9 Å². The molecule has 0 saturated carbocycles. The number of benzene rings is 2. The van der Waals surface area contributed by atoms with Crippen molar-refractivity contribution in [3.63, 3.8) is 0 Å². The fourth-order valence-corrected chi connectivity index (χ4v) is 3.05. The SMILES string of the molecule is CCCCCCCC(=O)N[C@@H](Cc1cccc2ccccc12)C(=O)O.